The first-order chi connectivity index (χ1) is 15.4. The Kier molecular flexibility index (Phi) is 9.39. The third-order valence-corrected chi connectivity index (χ3v) is 6.33. The zero-order valence-corrected chi connectivity index (χ0v) is 20.6. The minimum absolute atomic E-state index is 0. The van der Waals surface area contributed by atoms with Crippen molar-refractivity contribution in [3.63, 3.8) is 0 Å². The molecule has 33 heavy (non-hydrogen) atoms. The number of nitro benzene ring substituents is 1. The van der Waals surface area contributed by atoms with E-state index in [2.05, 4.69) is 9.88 Å². The molecule has 0 bridgehead atoms. The lowest BCUT2D eigenvalue weighted by molar-refractivity contribution is -0.385. The molecule has 0 aliphatic heterocycles. The van der Waals surface area contributed by atoms with Crippen LogP contribution in [0.5, 0.6) is 11.5 Å². The van der Waals surface area contributed by atoms with Gasteiger partial charge in [0, 0.05) is 19.2 Å². The number of nitrogens with zero attached hydrogens (tertiary/aromatic N) is 4. The number of hydrogen-bond donors (Lipinski definition) is 0. The Morgan fingerprint density at radius 2 is 1.70 bits per heavy atom. The second kappa shape index (κ2) is 11.8. The van der Waals surface area contributed by atoms with E-state index in [1.807, 2.05) is 13.8 Å². The molecule has 0 aliphatic rings. The average Bonchev–Trinajstić information content (AvgIpc) is 3.26. The van der Waals surface area contributed by atoms with Crippen molar-refractivity contribution in [2.75, 3.05) is 45.3 Å². The molecule has 0 aliphatic carbocycles. The van der Waals surface area contributed by atoms with Crippen molar-refractivity contribution in [2.24, 2.45) is 0 Å². The molecule has 1 heterocycles. The number of ether oxygens (including phenoxy) is 2. The highest BCUT2D eigenvalue weighted by molar-refractivity contribution is 7.22. The summed E-state index contributed by atoms with van der Waals surface area (Å²) in [6, 6.07) is 9.51. The number of nitro groups is 1. The van der Waals surface area contributed by atoms with Crippen LogP contribution < -0.4 is 14.4 Å². The molecule has 0 N–H and O–H groups in total. The van der Waals surface area contributed by atoms with Crippen LogP contribution >= 0.6 is 23.7 Å². The van der Waals surface area contributed by atoms with Crippen molar-refractivity contribution in [3.8, 4) is 11.5 Å². The van der Waals surface area contributed by atoms with Gasteiger partial charge in [0.2, 0.25) is 0 Å². The van der Waals surface area contributed by atoms with Gasteiger partial charge in [-0.1, -0.05) is 37.3 Å². The number of carbonyl (C=O) groups excluding carboxylic acids is 1. The summed E-state index contributed by atoms with van der Waals surface area (Å²) in [5.74, 6) is 0.706. The van der Waals surface area contributed by atoms with Crippen LogP contribution in [0.3, 0.4) is 0 Å². The average molecular weight is 495 g/mol. The number of para-hydroxylation sites is 1. The summed E-state index contributed by atoms with van der Waals surface area (Å²) >= 11 is 1.29. The number of methoxy groups -OCH3 is 2. The minimum Gasteiger partial charge on any atom is -0.495 e. The number of likely N-dealkylation sites (N-methyl/N-ethyl adjacent to an activating group) is 1. The zero-order chi connectivity index (χ0) is 23.3. The van der Waals surface area contributed by atoms with Crippen molar-refractivity contribution in [1.29, 1.82) is 0 Å². The highest BCUT2D eigenvalue weighted by atomic mass is 35.5. The summed E-state index contributed by atoms with van der Waals surface area (Å²) in [5.41, 5.74) is 0.367. The largest absolute Gasteiger partial charge is 0.495 e. The van der Waals surface area contributed by atoms with Gasteiger partial charge in [0.05, 0.1) is 19.1 Å². The number of benzene rings is 2. The van der Waals surface area contributed by atoms with Crippen LogP contribution in [-0.4, -0.2) is 61.1 Å². The number of halogens is 1. The number of thiazole rings is 1. The first-order valence-electron chi connectivity index (χ1n) is 10.2. The summed E-state index contributed by atoms with van der Waals surface area (Å²) < 4.78 is 11.6. The lowest BCUT2D eigenvalue weighted by Crippen LogP contribution is -2.39. The maximum atomic E-state index is 13.6. The standard InChI is InChI=1S/C22H26N4O5S.ClH/c1-5-24(6-2)13-14-25(21(27)15-9-7-8-10-16(15)26(28)29)22-23-19-17(30-3)11-12-18(31-4)20(19)32-22;/h7-12H,5-6,13-14H2,1-4H3;1H. The topological polar surface area (TPSA) is 98.0 Å². The monoisotopic (exact) mass is 494 g/mol. The number of amides is 1. The first-order valence-corrected chi connectivity index (χ1v) is 11.1. The van der Waals surface area contributed by atoms with Gasteiger partial charge in [-0.15, -0.1) is 12.4 Å². The van der Waals surface area contributed by atoms with Gasteiger partial charge in [-0.25, -0.2) is 4.98 Å². The molecule has 0 saturated carbocycles. The predicted octanol–water partition coefficient (Wildman–Crippen LogP) is 4.63. The molecule has 0 radical (unpaired) electrons. The van der Waals surface area contributed by atoms with Crippen molar-refractivity contribution >= 4 is 50.7 Å². The number of fused-ring (bicyclic) bond motifs is 1. The van der Waals surface area contributed by atoms with Crippen molar-refractivity contribution in [3.05, 3.63) is 52.1 Å². The summed E-state index contributed by atoms with van der Waals surface area (Å²) in [6.45, 7) is 6.67. The Morgan fingerprint density at radius 3 is 2.30 bits per heavy atom. The molecule has 11 heteroatoms. The van der Waals surface area contributed by atoms with Crippen LogP contribution in [0.2, 0.25) is 0 Å². The molecule has 0 spiro atoms. The highest BCUT2D eigenvalue weighted by Crippen LogP contribution is 2.40. The Labute approximate surface area is 202 Å². The fraction of sp³-hybridized carbons (Fsp3) is 0.364. The van der Waals surface area contributed by atoms with E-state index < -0.39 is 10.8 Å². The Balaban J connectivity index is 0.00000385. The van der Waals surface area contributed by atoms with E-state index in [0.29, 0.717) is 35.2 Å². The van der Waals surface area contributed by atoms with Gasteiger partial charge in [0.25, 0.3) is 11.6 Å². The van der Waals surface area contributed by atoms with Gasteiger partial charge in [-0.05, 0) is 31.3 Å². The highest BCUT2D eigenvalue weighted by Gasteiger charge is 2.28. The summed E-state index contributed by atoms with van der Waals surface area (Å²) in [6.07, 6.45) is 0. The lowest BCUT2D eigenvalue weighted by atomic mass is 10.1. The Hall–Kier alpha value is -2.95. The van der Waals surface area contributed by atoms with Gasteiger partial charge >= 0.3 is 0 Å². The molecule has 2 aromatic carbocycles. The van der Waals surface area contributed by atoms with Crippen LogP contribution in [-0.2, 0) is 0 Å². The van der Waals surface area contributed by atoms with Gasteiger partial charge < -0.3 is 14.4 Å². The van der Waals surface area contributed by atoms with Gasteiger partial charge in [-0.2, -0.15) is 0 Å². The fourth-order valence-corrected chi connectivity index (χ4v) is 4.51. The first kappa shape index (κ1) is 26.3. The summed E-state index contributed by atoms with van der Waals surface area (Å²) in [7, 11) is 3.12. The number of anilines is 1. The third kappa shape index (κ3) is 5.52. The van der Waals surface area contributed by atoms with Crippen molar-refractivity contribution in [2.45, 2.75) is 13.8 Å². The predicted molar refractivity (Wildman–Crippen MR) is 133 cm³/mol. The van der Waals surface area contributed by atoms with E-state index in [4.69, 9.17) is 9.47 Å². The van der Waals surface area contributed by atoms with Gasteiger partial charge in [0.15, 0.2) is 5.13 Å². The van der Waals surface area contributed by atoms with Gasteiger partial charge in [0.1, 0.15) is 27.3 Å². The quantitative estimate of drug-likeness (QED) is 0.299. The van der Waals surface area contributed by atoms with Crippen LogP contribution in [0, 0.1) is 10.1 Å². The van der Waals surface area contributed by atoms with Crippen molar-refractivity contribution < 1.29 is 19.2 Å². The summed E-state index contributed by atoms with van der Waals surface area (Å²) in [4.78, 5) is 32.9. The van der Waals surface area contributed by atoms with E-state index in [1.165, 1.54) is 28.4 Å². The Morgan fingerprint density at radius 1 is 1.06 bits per heavy atom. The fourth-order valence-electron chi connectivity index (χ4n) is 3.41. The molecular formula is C22H27ClN4O5S. The smallest absolute Gasteiger partial charge is 0.282 e. The zero-order valence-electron chi connectivity index (χ0n) is 18.9. The molecule has 0 fully saturated rings. The van der Waals surface area contributed by atoms with Crippen molar-refractivity contribution in [1.82, 2.24) is 9.88 Å². The normalized spacial score (nSPS) is 10.7. The van der Waals surface area contributed by atoms with Crippen LogP contribution in [0.4, 0.5) is 10.8 Å². The molecule has 3 rings (SSSR count). The molecule has 1 amide bonds. The second-order valence-electron chi connectivity index (χ2n) is 6.90. The molecule has 178 valence electrons. The maximum Gasteiger partial charge on any atom is 0.282 e. The van der Waals surface area contributed by atoms with E-state index in [0.717, 1.165) is 17.8 Å². The third-order valence-electron chi connectivity index (χ3n) is 5.24. The van der Waals surface area contributed by atoms with Crippen LogP contribution in [0.15, 0.2) is 36.4 Å². The SMILES string of the molecule is CCN(CC)CCN(C(=O)c1ccccc1[N+](=O)[O-])c1nc2c(OC)ccc(OC)c2s1.Cl. The number of hydrogen-bond acceptors (Lipinski definition) is 8. The Bertz CT molecular complexity index is 1080. The lowest BCUT2D eigenvalue weighted by Gasteiger charge is -2.24. The maximum absolute atomic E-state index is 13.6. The van der Waals surface area contributed by atoms with Crippen LogP contribution in [0.1, 0.15) is 24.2 Å². The molecule has 0 saturated heterocycles. The second-order valence-corrected chi connectivity index (χ2v) is 7.88. The van der Waals surface area contributed by atoms with E-state index >= 15 is 0 Å². The molecule has 3 aromatic rings. The van der Waals surface area contributed by atoms with E-state index in [-0.39, 0.29) is 23.7 Å². The molecule has 1 aromatic heterocycles. The number of aromatic nitrogens is 1. The van der Waals surface area contributed by atoms with Gasteiger partial charge in [-0.3, -0.25) is 19.8 Å². The van der Waals surface area contributed by atoms with E-state index in [9.17, 15) is 14.9 Å². The number of carbonyl (C=O) groups is 1. The summed E-state index contributed by atoms with van der Waals surface area (Å²) in [5, 5.41) is 12.0. The minimum atomic E-state index is -0.541. The number of rotatable bonds is 10. The molecular weight excluding hydrogens is 468 g/mol. The van der Waals surface area contributed by atoms with Crippen LogP contribution in [0.25, 0.3) is 10.2 Å². The molecule has 9 nitrogen and oxygen atoms in total. The molecule has 0 atom stereocenters. The van der Waals surface area contributed by atoms with E-state index in [1.54, 1.807) is 38.5 Å². The molecule has 0 unspecified atom stereocenters.